The zero-order chi connectivity index (χ0) is 20.3. The van der Waals surface area contributed by atoms with Crippen molar-refractivity contribution < 1.29 is 4.42 Å². The normalized spacial score (nSPS) is 11.1. The standard InChI is InChI=1S/C21H14BrN5OS2/c22-16-10-5-4-9-15(16)20-25-23-18(28-20)13-30-21-26-24-19(17-11-6-12-29-17)27(21)14-7-2-1-3-8-14/h1-12H,13H2. The minimum absolute atomic E-state index is 0.488. The fraction of sp³-hybridized carbons (Fsp3) is 0.0476. The molecular weight excluding hydrogens is 482 g/mol. The van der Waals surface area contributed by atoms with Gasteiger partial charge in [-0.05, 0) is 51.6 Å². The molecule has 9 heteroatoms. The van der Waals surface area contributed by atoms with Crippen molar-refractivity contribution in [1.29, 1.82) is 0 Å². The van der Waals surface area contributed by atoms with Gasteiger partial charge in [-0.25, -0.2) is 0 Å². The fourth-order valence-corrected chi connectivity index (χ4v) is 4.86. The van der Waals surface area contributed by atoms with Crippen LogP contribution in [0.3, 0.4) is 0 Å². The Hall–Kier alpha value is -2.75. The molecule has 6 nitrogen and oxygen atoms in total. The molecule has 3 heterocycles. The third-order valence-electron chi connectivity index (χ3n) is 4.29. The highest BCUT2D eigenvalue weighted by Gasteiger charge is 2.18. The van der Waals surface area contributed by atoms with Crippen molar-refractivity contribution in [2.24, 2.45) is 0 Å². The van der Waals surface area contributed by atoms with Gasteiger partial charge >= 0.3 is 0 Å². The highest BCUT2D eigenvalue weighted by atomic mass is 79.9. The molecule has 0 bridgehead atoms. The van der Waals surface area contributed by atoms with Crippen molar-refractivity contribution in [3.05, 3.63) is 82.5 Å². The summed E-state index contributed by atoms with van der Waals surface area (Å²) < 4.78 is 8.84. The predicted molar refractivity (Wildman–Crippen MR) is 122 cm³/mol. The maximum absolute atomic E-state index is 5.87. The lowest BCUT2D eigenvalue weighted by molar-refractivity contribution is 0.528. The number of benzene rings is 2. The van der Waals surface area contributed by atoms with E-state index in [1.807, 2.05) is 72.1 Å². The van der Waals surface area contributed by atoms with Crippen molar-refractivity contribution in [1.82, 2.24) is 25.0 Å². The number of nitrogens with zero attached hydrogens (tertiary/aromatic N) is 5. The quantitative estimate of drug-likeness (QED) is 0.265. The Balaban J connectivity index is 1.43. The Morgan fingerprint density at radius 3 is 2.53 bits per heavy atom. The van der Waals surface area contributed by atoms with Crippen LogP contribution in [0.2, 0.25) is 0 Å². The zero-order valence-corrected chi connectivity index (χ0v) is 18.7. The molecule has 30 heavy (non-hydrogen) atoms. The van der Waals surface area contributed by atoms with Crippen molar-refractivity contribution in [2.45, 2.75) is 10.9 Å². The Labute approximate surface area is 189 Å². The monoisotopic (exact) mass is 495 g/mol. The summed E-state index contributed by atoms with van der Waals surface area (Å²) in [5.41, 5.74) is 1.88. The first-order chi connectivity index (χ1) is 14.8. The maximum atomic E-state index is 5.87. The summed E-state index contributed by atoms with van der Waals surface area (Å²) in [6, 6.07) is 21.9. The number of para-hydroxylation sites is 1. The van der Waals surface area contributed by atoms with E-state index in [4.69, 9.17) is 4.42 Å². The van der Waals surface area contributed by atoms with Gasteiger partial charge < -0.3 is 4.42 Å². The number of halogens is 1. The second-order valence-electron chi connectivity index (χ2n) is 6.22. The van der Waals surface area contributed by atoms with Gasteiger partial charge in [0.25, 0.3) is 0 Å². The number of thioether (sulfide) groups is 1. The van der Waals surface area contributed by atoms with Gasteiger partial charge in [-0.3, -0.25) is 4.57 Å². The third kappa shape index (κ3) is 3.83. The van der Waals surface area contributed by atoms with Crippen LogP contribution in [0.4, 0.5) is 0 Å². The van der Waals surface area contributed by atoms with Gasteiger partial charge in [0.1, 0.15) is 0 Å². The van der Waals surface area contributed by atoms with E-state index in [-0.39, 0.29) is 0 Å². The van der Waals surface area contributed by atoms with Crippen LogP contribution in [0.15, 0.2) is 86.2 Å². The molecule has 0 atom stereocenters. The van der Waals surface area contributed by atoms with Crippen molar-refractivity contribution >= 4 is 39.0 Å². The summed E-state index contributed by atoms with van der Waals surface area (Å²) in [5.74, 6) is 2.33. The highest BCUT2D eigenvalue weighted by molar-refractivity contribution is 9.10. The van der Waals surface area contributed by atoms with Gasteiger partial charge in [0, 0.05) is 10.2 Å². The van der Waals surface area contributed by atoms with Crippen LogP contribution in [-0.4, -0.2) is 25.0 Å². The van der Waals surface area contributed by atoms with Crippen LogP contribution < -0.4 is 0 Å². The van der Waals surface area contributed by atoms with Gasteiger partial charge in [-0.1, -0.05) is 48.2 Å². The minimum Gasteiger partial charge on any atom is -0.420 e. The van der Waals surface area contributed by atoms with E-state index in [1.54, 1.807) is 11.3 Å². The molecule has 0 N–H and O–H groups in total. The Bertz CT molecular complexity index is 1270. The number of hydrogen-bond acceptors (Lipinski definition) is 7. The number of rotatable bonds is 6. The predicted octanol–water partition coefficient (Wildman–Crippen LogP) is 6.10. The van der Waals surface area contributed by atoms with Crippen LogP contribution in [-0.2, 0) is 5.75 Å². The molecule has 148 valence electrons. The average Bonchev–Trinajstić information content (AvgIpc) is 3.53. The summed E-state index contributed by atoms with van der Waals surface area (Å²) in [4.78, 5) is 1.06. The molecule has 0 spiro atoms. The van der Waals surface area contributed by atoms with Crippen molar-refractivity contribution in [3.63, 3.8) is 0 Å². The SMILES string of the molecule is Brc1ccccc1-c1nnc(CSc2nnc(-c3cccs3)n2-c2ccccc2)o1. The molecule has 0 aliphatic rings. The molecular formula is C21H14BrN5OS2. The van der Waals surface area contributed by atoms with Crippen LogP contribution in [0.5, 0.6) is 0 Å². The van der Waals surface area contributed by atoms with E-state index in [2.05, 4.69) is 40.9 Å². The first kappa shape index (κ1) is 19.2. The molecule has 0 amide bonds. The van der Waals surface area contributed by atoms with E-state index < -0.39 is 0 Å². The van der Waals surface area contributed by atoms with Crippen LogP contribution in [0.1, 0.15) is 5.89 Å². The summed E-state index contributed by atoms with van der Waals surface area (Å²) in [6.45, 7) is 0. The van der Waals surface area contributed by atoms with E-state index in [0.29, 0.717) is 17.5 Å². The van der Waals surface area contributed by atoms with Crippen LogP contribution in [0, 0.1) is 0 Å². The summed E-state index contributed by atoms with van der Waals surface area (Å²) in [6.07, 6.45) is 0. The topological polar surface area (TPSA) is 69.6 Å². The third-order valence-corrected chi connectivity index (χ3v) is 6.76. The number of hydrogen-bond donors (Lipinski definition) is 0. The summed E-state index contributed by atoms with van der Waals surface area (Å²) in [5, 5.41) is 20.1. The lowest BCUT2D eigenvalue weighted by atomic mass is 10.2. The molecule has 0 aliphatic carbocycles. The first-order valence-corrected chi connectivity index (χ1v) is 11.7. The first-order valence-electron chi connectivity index (χ1n) is 9.04. The van der Waals surface area contributed by atoms with Gasteiger partial charge in [-0.15, -0.1) is 31.7 Å². The average molecular weight is 496 g/mol. The van der Waals surface area contributed by atoms with Crippen molar-refractivity contribution in [3.8, 4) is 27.8 Å². The largest absolute Gasteiger partial charge is 0.420 e. The zero-order valence-electron chi connectivity index (χ0n) is 15.5. The molecule has 0 radical (unpaired) electrons. The number of aromatic nitrogens is 5. The minimum atomic E-state index is 0.488. The smallest absolute Gasteiger partial charge is 0.248 e. The van der Waals surface area contributed by atoms with Crippen LogP contribution >= 0.6 is 39.0 Å². The molecule has 0 fully saturated rings. The van der Waals surface area contributed by atoms with E-state index in [1.165, 1.54) is 11.8 Å². The number of thiophene rings is 1. The fourth-order valence-electron chi connectivity index (χ4n) is 2.92. The molecule has 5 aromatic rings. The van der Waals surface area contributed by atoms with E-state index in [9.17, 15) is 0 Å². The lowest BCUT2D eigenvalue weighted by Crippen LogP contribution is -1.98. The van der Waals surface area contributed by atoms with Gasteiger partial charge in [0.05, 0.1) is 16.2 Å². The Morgan fingerprint density at radius 1 is 0.900 bits per heavy atom. The molecule has 0 aliphatic heterocycles. The summed E-state index contributed by atoms with van der Waals surface area (Å²) >= 11 is 6.67. The molecule has 0 saturated carbocycles. The molecule has 0 saturated heterocycles. The highest BCUT2D eigenvalue weighted by Crippen LogP contribution is 2.32. The van der Waals surface area contributed by atoms with E-state index in [0.717, 1.165) is 31.6 Å². The molecule has 3 aromatic heterocycles. The molecule has 5 rings (SSSR count). The Morgan fingerprint density at radius 2 is 1.73 bits per heavy atom. The lowest BCUT2D eigenvalue weighted by Gasteiger charge is -2.08. The van der Waals surface area contributed by atoms with Crippen molar-refractivity contribution in [2.75, 3.05) is 0 Å². The van der Waals surface area contributed by atoms with E-state index >= 15 is 0 Å². The molecule has 2 aromatic carbocycles. The van der Waals surface area contributed by atoms with Crippen LogP contribution in [0.25, 0.3) is 27.8 Å². The van der Waals surface area contributed by atoms with Gasteiger partial charge in [0.2, 0.25) is 11.8 Å². The summed E-state index contributed by atoms with van der Waals surface area (Å²) in [7, 11) is 0. The second kappa shape index (κ2) is 8.55. The van der Waals surface area contributed by atoms with Gasteiger partial charge in [0.15, 0.2) is 11.0 Å². The maximum Gasteiger partial charge on any atom is 0.248 e. The molecule has 0 unspecified atom stereocenters. The second-order valence-corrected chi connectivity index (χ2v) is 8.97. The van der Waals surface area contributed by atoms with Gasteiger partial charge in [-0.2, -0.15) is 0 Å². The Kier molecular flexibility index (Phi) is 5.48.